The molecular formula is C16H18N6OS. The Hall–Kier alpha value is -2.48. The Morgan fingerprint density at radius 1 is 1.33 bits per heavy atom. The lowest BCUT2D eigenvalue weighted by Crippen LogP contribution is -2.45. The van der Waals surface area contributed by atoms with Gasteiger partial charge in [-0.25, -0.2) is 9.97 Å². The van der Waals surface area contributed by atoms with E-state index >= 15 is 0 Å². The van der Waals surface area contributed by atoms with Crippen molar-refractivity contribution in [1.29, 1.82) is 0 Å². The highest BCUT2D eigenvalue weighted by atomic mass is 32.1. The highest BCUT2D eigenvalue weighted by Crippen LogP contribution is 2.21. The number of carbonyl (C=O) groups excluding carboxylic acids is 1. The van der Waals surface area contributed by atoms with Crippen LogP contribution in [-0.4, -0.2) is 44.6 Å². The van der Waals surface area contributed by atoms with Gasteiger partial charge in [0.05, 0.1) is 11.2 Å². The molecule has 3 aromatic heterocycles. The number of rotatable bonds is 3. The van der Waals surface area contributed by atoms with Crippen molar-refractivity contribution in [2.24, 2.45) is 0 Å². The fourth-order valence-electron chi connectivity index (χ4n) is 3.07. The van der Waals surface area contributed by atoms with Gasteiger partial charge in [0.15, 0.2) is 5.65 Å². The monoisotopic (exact) mass is 342 g/mol. The SMILES string of the molecule is Cc1cc2nccc(N3CCC(NC(=O)c4cscn4)CC3)n2n1. The Labute approximate surface area is 143 Å². The summed E-state index contributed by atoms with van der Waals surface area (Å²) in [6.07, 6.45) is 3.63. The molecule has 0 aliphatic carbocycles. The van der Waals surface area contributed by atoms with Crippen LogP contribution in [0.4, 0.5) is 5.82 Å². The number of nitrogens with zero attached hydrogens (tertiary/aromatic N) is 5. The van der Waals surface area contributed by atoms with E-state index in [2.05, 4.69) is 25.3 Å². The molecule has 124 valence electrons. The van der Waals surface area contributed by atoms with Crippen molar-refractivity contribution in [2.75, 3.05) is 18.0 Å². The number of aryl methyl sites for hydroxylation is 1. The normalized spacial score (nSPS) is 15.8. The maximum absolute atomic E-state index is 12.1. The second kappa shape index (κ2) is 6.20. The van der Waals surface area contributed by atoms with Crippen molar-refractivity contribution in [2.45, 2.75) is 25.8 Å². The summed E-state index contributed by atoms with van der Waals surface area (Å²) < 4.78 is 1.89. The molecule has 1 amide bonds. The summed E-state index contributed by atoms with van der Waals surface area (Å²) in [4.78, 5) is 22.8. The summed E-state index contributed by atoms with van der Waals surface area (Å²) in [7, 11) is 0. The molecule has 0 aromatic carbocycles. The van der Waals surface area contributed by atoms with Gasteiger partial charge in [-0.05, 0) is 25.8 Å². The third-order valence-corrected chi connectivity index (χ3v) is 4.87. The molecule has 4 rings (SSSR count). The molecule has 1 N–H and O–H groups in total. The number of aromatic nitrogens is 4. The Bertz CT molecular complexity index is 851. The lowest BCUT2D eigenvalue weighted by atomic mass is 10.0. The van der Waals surface area contributed by atoms with E-state index in [1.54, 1.807) is 10.9 Å². The maximum Gasteiger partial charge on any atom is 0.270 e. The first-order valence-electron chi connectivity index (χ1n) is 7.96. The Balaban J connectivity index is 1.43. The molecule has 7 nitrogen and oxygen atoms in total. The van der Waals surface area contributed by atoms with E-state index in [4.69, 9.17) is 0 Å². The van der Waals surface area contributed by atoms with Crippen LogP contribution < -0.4 is 10.2 Å². The molecule has 0 saturated carbocycles. The minimum atomic E-state index is -0.0799. The number of piperidine rings is 1. The smallest absolute Gasteiger partial charge is 0.270 e. The van der Waals surface area contributed by atoms with Crippen molar-refractivity contribution in [3.63, 3.8) is 0 Å². The van der Waals surface area contributed by atoms with E-state index in [1.165, 1.54) is 11.3 Å². The fourth-order valence-corrected chi connectivity index (χ4v) is 3.61. The number of thiazole rings is 1. The quantitative estimate of drug-likeness (QED) is 0.787. The minimum Gasteiger partial charge on any atom is -0.356 e. The molecule has 1 aliphatic rings. The summed E-state index contributed by atoms with van der Waals surface area (Å²) in [6.45, 7) is 3.72. The zero-order valence-corrected chi connectivity index (χ0v) is 14.2. The molecule has 24 heavy (non-hydrogen) atoms. The van der Waals surface area contributed by atoms with Gasteiger partial charge in [-0.3, -0.25) is 4.79 Å². The average Bonchev–Trinajstić information content (AvgIpc) is 3.23. The van der Waals surface area contributed by atoms with Crippen molar-refractivity contribution in [3.8, 4) is 0 Å². The van der Waals surface area contributed by atoms with Crippen molar-refractivity contribution >= 4 is 28.7 Å². The fraction of sp³-hybridized carbons (Fsp3) is 0.375. The van der Waals surface area contributed by atoms with Gasteiger partial charge in [-0.1, -0.05) is 0 Å². The number of anilines is 1. The first kappa shape index (κ1) is 15.1. The van der Waals surface area contributed by atoms with Gasteiger partial charge in [-0.15, -0.1) is 11.3 Å². The maximum atomic E-state index is 12.1. The predicted octanol–water partition coefficient (Wildman–Crippen LogP) is 1.89. The third-order valence-electron chi connectivity index (χ3n) is 4.28. The van der Waals surface area contributed by atoms with Crippen molar-refractivity contribution in [3.05, 3.63) is 40.6 Å². The van der Waals surface area contributed by atoms with Gasteiger partial charge in [0.25, 0.3) is 5.91 Å². The summed E-state index contributed by atoms with van der Waals surface area (Å²) in [5, 5.41) is 9.38. The van der Waals surface area contributed by atoms with Crippen LogP contribution in [0.25, 0.3) is 5.65 Å². The van der Waals surface area contributed by atoms with Crippen LogP contribution in [0.1, 0.15) is 29.0 Å². The lowest BCUT2D eigenvalue weighted by molar-refractivity contribution is 0.0926. The number of hydrogen-bond donors (Lipinski definition) is 1. The average molecular weight is 342 g/mol. The van der Waals surface area contributed by atoms with E-state index < -0.39 is 0 Å². The predicted molar refractivity (Wildman–Crippen MR) is 92.5 cm³/mol. The van der Waals surface area contributed by atoms with E-state index in [1.807, 2.05) is 29.8 Å². The first-order chi connectivity index (χ1) is 11.7. The highest BCUT2D eigenvalue weighted by Gasteiger charge is 2.23. The van der Waals surface area contributed by atoms with E-state index in [-0.39, 0.29) is 11.9 Å². The molecule has 8 heteroatoms. The molecular weight excluding hydrogens is 324 g/mol. The number of hydrogen-bond acceptors (Lipinski definition) is 6. The minimum absolute atomic E-state index is 0.0799. The highest BCUT2D eigenvalue weighted by molar-refractivity contribution is 7.07. The summed E-state index contributed by atoms with van der Waals surface area (Å²) in [6, 6.07) is 4.16. The standard InChI is InChI=1S/C16H18N6OS/c1-11-8-14-17-5-2-15(22(14)20-11)21-6-3-12(4-7-21)19-16(23)13-9-24-10-18-13/h2,5,8-10,12H,3-4,6-7H2,1H3,(H,19,23). The Kier molecular flexibility index (Phi) is 3.89. The molecule has 1 saturated heterocycles. The zero-order chi connectivity index (χ0) is 16.5. The Morgan fingerprint density at radius 2 is 2.17 bits per heavy atom. The third kappa shape index (κ3) is 2.84. The van der Waals surface area contributed by atoms with Gasteiger partial charge in [-0.2, -0.15) is 9.61 Å². The van der Waals surface area contributed by atoms with Gasteiger partial charge >= 0.3 is 0 Å². The molecule has 3 aromatic rings. The molecule has 0 spiro atoms. The van der Waals surface area contributed by atoms with Crippen molar-refractivity contribution in [1.82, 2.24) is 24.9 Å². The van der Waals surface area contributed by atoms with Gasteiger partial charge < -0.3 is 10.2 Å². The Morgan fingerprint density at radius 3 is 2.92 bits per heavy atom. The number of fused-ring (bicyclic) bond motifs is 1. The van der Waals surface area contributed by atoms with Crippen molar-refractivity contribution < 1.29 is 4.79 Å². The molecule has 0 bridgehead atoms. The van der Waals surface area contributed by atoms with Gasteiger partial charge in [0.1, 0.15) is 11.5 Å². The second-order valence-electron chi connectivity index (χ2n) is 5.97. The van der Waals surface area contributed by atoms with Crippen LogP contribution in [0.5, 0.6) is 0 Å². The van der Waals surface area contributed by atoms with Crippen LogP contribution in [0.15, 0.2) is 29.2 Å². The van der Waals surface area contributed by atoms with Gasteiger partial charge in [0.2, 0.25) is 0 Å². The summed E-state index contributed by atoms with van der Waals surface area (Å²) in [5.74, 6) is 0.973. The van der Waals surface area contributed by atoms with Crippen LogP contribution in [0.3, 0.4) is 0 Å². The van der Waals surface area contributed by atoms with Crippen LogP contribution in [0.2, 0.25) is 0 Å². The lowest BCUT2D eigenvalue weighted by Gasteiger charge is -2.33. The molecule has 0 unspecified atom stereocenters. The number of amides is 1. The van der Waals surface area contributed by atoms with Crippen LogP contribution in [0, 0.1) is 6.92 Å². The van der Waals surface area contributed by atoms with E-state index in [9.17, 15) is 4.79 Å². The summed E-state index contributed by atoms with van der Waals surface area (Å²) in [5.41, 5.74) is 4.01. The molecule has 4 heterocycles. The van der Waals surface area contributed by atoms with Gasteiger partial charge in [0, 0.05) is 36.8 Å². The molecule has 1 fully saturated rings. The summed E-state index contributed by atoms with van der Waals surface area (Å²) >= 11 is 1.43. The number of nitrogens with one attached hydrogen (secondary N) is 1. The first-order valence-corrected chi connectivity index (χ1v) is 8.90. The van der Waals surface area contributed by atoms with Crippen LogP contribution >= 0.6 is 11.3 Å². The van der Waals surface area contributed by atoms with E-state index in [0.29, 0.717) is 5.69 Å². The number of carbonyl (C=O) groups is 1. The molecule has 1 aliphatic heterocycles. The molecule has 0 radical (unpaired) electrons. The van der Waals surface area contributed by atoms with E-state index in [0.717, 1.165) is 43.1 Å². The second-order valence-corrected chi connectivity index (χ2v) is 6.69. The zero-order valence-electron chi connectivity index (χ0n) is 13.3. The van der Waals surface area contributed by atoms with Crippen LogP contribution in [-0.2, 0) is 0 Å². The largest absolute Gasteiger partial charge is 0.356 e. The topological polar surface area (TPSA) is 75.4 Å². The molecule has 0 atom stereocenters.